The third kappa shape index (κ3) is 2.67. The van der Waals surface area contributed by atoms with Crippen molar-refractivity contribution in [2.75, 3.05) is 12.3 Å². The molecule has 3 rings (SSSR count). The van der Waals surface area contributed by atoms with Gasteiger partial charge in [0.25, 0.3) is 5.91 Å². The number of fused-ring (bicyclic) bond motifs is 1. The van der Waals surface area contributed by atoms with Crippen molar-refractivity contribution >= 4 is 33.8 Å². The maximum atomic E-state index is 12.1. The van der Waals surface area contributed by atoms with Gasteiger partial charge in [0.1, 0.15) is 5.69 Å². The maximum Gasteiger partial charge on any atom is 0.267 e. The number of nitrogen functional groups attached to an aromatic ring is 1. The number of rotatable bonds is 4. The van der Waals surface area contributed by atoms with E-state index in [1.165, 1.54) is 5.56 Å². The Morgan fingerprint density at radius 1 is 1.30 bits per heavy atom. The lowest BCUT2D eigenvalue weighted by atomic mass is 10.2. The molecular weight excluding hydrogens is 270 g/mol. The summed E-state index contributed by atoms with van der Waals surface area (Å²) < 4.78 is 0. The zero-order chi connectivity index (χ0) is 13.9. The lowest BCUT2D eigenvalue weighted by molar-refractivity contribution is 0.0950. The molecule has 0 aliphatic carbocycles. The Bertz CT molecular complexity index is 731. The van der Waals surface area contributed by atoms with E-state index >= 15 is 0 Å². The fourth-order valence-corrected chi connectivity index (χ4v) is 2.83. The molecule has 0 atom stereocenters. The predicted molar refractivity (Wildman–Crippen MR) is 83.1 cm³/mol. The van der Waals surface area contributed by atoms with E-state index < -0.39 is 0 Å². The zero-order valence-corrected chi connectivity index (χ0v) is 11.7. The average Bonchev–Trinajstić information content (AvgIpc) is 3.06. The van der Waals surface area contributed by atoms with Crippen LogP contribution in [0.3, 0.4) is 0 Å². The second-order valence-electron chi connectivity index (χ2n) is 4.67. The van der Waals surface area contributed by atoms with Gasteiger partial charge in [-0.2, -0.15) is 11.3 Å². The Hall–Kier alpha value is -2.27. The molecule has 1 amide bonds. The number of nitrogens with two attached hydrogens (primary N) is 1. The van der Waals surface area contributed by atoms with Crippen LogP contribution >= 0.6 is 11.3 Å². The SMILES string of the molecule is Nc1ccc2[nH]c(C(=O)NCCc3ccsc3)cc2c1. The van der Waals surface area contributed by atoms with E-state index in [0.717, 1.165) is 17.3 Å². The highest BCUT2D eigenvalue weighted by Crippen LogP contribution is 2.18. The number of amides is 1. The highest BCUT2D eigenvalue weighted by Gasteiger charge is 2.09. The van der Waals surface area contributed by atoms with Gasteiger partial charge in [0.2, 0.25) is 0 Å². The van der Waals surface area contributed by atoms with Crippen LogP contribution in [0.2, 0.25) is 0 Å². The van der Waals surface area contributed by atoms with Gasteiger partial charge in [-0.05, 0) is 53.1 Å². The number of carbonyl (C=O) groups excluding carboxylic acids is 1. The van der Waals surface area contributed by atoms with E-state index in [2.05, 4.69) is 21.7 Å². The van der Waals surface area contributed by atoms with Crippen LogP contribution in [0, 0.1) is 0 Å². The van der Waals surface area contributed by atoms with Crippen molar-refractivity contribution in [3.63, 3.8) is 0 Å². The minimum atomic E-state index is -0.0880. The van der Waals surface area contributed by atoms with Crippen LogP contribution in [0.25, 0.3) is 10.9 Å². The topological polar surface area (TPSA) is 70.9 Å². The van der Waals surface area contributed by atoms with E-state index in [1.807, 2.05) is 29.6 Å². The standard InChI is InChI=1S/C15H15N3OS/c16-12-1-2-13-11(7-12)8-14(18-13)15(19)17-5-3-10-4-6-20-9-10/h1-2,4,6-9,18H,3,5,16H2,(H,17,19). The van der Waals surface area contributed by atoms with Crippen LogP contribution in [0.1, 0.15) is 16.1 Å². The van der Waals surface area contributed by atoms with Crippen LogP contribution in [-0.2, 0) is 6.42 Å². The summed E-state index contributed by atoms with van der Waals surface area (Å²) in [4.78, 5) is 15.2. The van der Waals surface area contributed by atoms with E-state index in [4.69, 9.17) is 5.73 Å². The number of hydrogen-bond acceptors (Lipinski definition) is 3. The van der Waals surface area contributed by atoms with Crippen LogP contribution < -0.4 is 11.1 Å². The molecule has 5 heteroatoms. The van der Waals surface area contributed by atoms with Crippen LogP contribution in [0.4, 0.5) is 5.69 Å². The number of aromatic amines is 1. The number of thiophene rings is 1. The summed E-state index contributed by atoms with van der Waals surface area (Å²) in [6, 6.07) is 9.45. The molecule has 0 saturated heterocycles. The van der Waals surface area contributed by atoms with Gasteiger partial charge in [-0.1, -0.05) is 0 Å². The van der Waals surface area contributed by atoms with Gasteiger partial charge >= 0.3 is 0 Å². The molecule has 4 nitrogen and oxygen atoms in total. The number of benzene rings is 1. The monoisotopic (exact) mass is 285 g/mol. The first-order valence-electron chi connectivity index (χ1n) is 6.40. The fraction of sp³-hybridized carbons (Fsp3) is 0.133. The van der Waals surface area contributed by atoms with Gasteiger partial charge in [0, 0.05) is 23.1 Å². The van der Waals surface area contributed by atoms with Crippen LogP contribution in [0.15, 0.2) is 41.1 Å². The molecule has 2 aromatic heterocycles. The fourth-order valence-electron chi connectivity index (χ4n) is 2.12. The third-order valence-corrected chi connectivity index (χ3v) is 3.90. The van der Waals surface area contributed by atoms with Crippen LogP contribution in [0.5, 0.6) is 0 Å². The van der Waals surface area contributed by atoms with E-state index in [0.29, 0.717) is 17.9 Å². The highest BCUT2D eigenvalue weighted by molar-refractivity contribution is 7.07. The number of H-pyrrole nitrogens is 1. The third-order valence-electron chi connectivity index (χ3n) is 3.17. The van der Waals surface area contributed by atoms with Gasteiger partial charge in [-0.25, -0.2) is 0 Å². The molecule has 0 bridgehead atoms. The van der Waals surface area contributed by atoms with Crippen molar-refractivity contribution in [1.82, 2.24) is 10.3 Å². The Morgan fingerprint density at radius 3 is 3.00 bits per heavy atom. The molecule has 0 aliphatic rings. The van der Waals surface area contributed by atoms with Gasteiger partial charge in [0.05, 0.1) is 0 Å². The lowest BCUT2D eigenvalue weighted by Gasteiger charge is -2.02. The smallest absolute Gasteiger partial charge is 0.267 e. The maximum absolute atomic E-state index is 12.1. The molecule has 1 aromatic carbocycles. The average molecular weight is 285 g/mol. The van der Waals surface area contributed by atoms with E-state index in [-0.39, 0.29) is 5.91 Å². The highest BCUT2D eigenvalue weighted by atomic mass is 32.1. The molecule has 0 radical (unpaired) electrons. The molecular formula is C15H15N3OS. The first-order chi connectivity index (χ1) is 9.72. The number of hydrogen-bond donors (Lipinski definition) is 3. The summed E-state index contributed by atoms with van der Waals surface area (Å²) in [6.07, 6.45) is 0.850. The summed E-state index contributed by atoms with van der Waals surface area (Å²) in [5.74, 6) is -0.0880. The molecule has 4 N–H and O–H groups in total. The largest absolute Gasteiger partial charge is 0.399 e. The van der Waals surface area contributed by atoms with E-state index in [9.17, 15) is 4.79 Å². The van der Waals surface area contributed by atoms with Gasteiger partial charge < -0.3 is 16.0 Å². The number of carbonyl (C=O) groups is 1. The first kappa shape index (κ1) is 12.7. The summed E-state index contributed by atoms with van der Waals surface area (Å²) >= 11 is 1.67. The lowest BCUT2D eigenvalue weighted by Crippen LogP contribution is -2.25. The minimum absolute atomic E-state index is 0.0880. The zero-order valence-electron chi connectivity index (χ0n) is 10.8. The quantitative estimate of drug-likeness (QED) is 0.645. The molecule has 0 aliphatic heterocycles. The Balaban J connectivity index is 1.66. The Morgan fingerprint density at radius 2 is 2.20 bits per heavy atom. The van der Waals surface area contributed by atoms with Crippen molar-refractivity contribution in [3.8, 4) is 0 Å². The van der Waals surface area contributed by atoms with Crippen molar-refractivity contribution in [2.45, 2.75) is 6.42 Å². The number of anilines is 1. The molecule has 20 heavy (non-hydrogen) atoms. The van der Waals surface area contributed by atoms with Crippen molar-refractivity contribution < 1.29 is 4.79 Å². The minimum Gasteiger partial charge on any atom is -0.399 e. The van der Waals surface area contributed by atoms with Gasteiger partial charge in [0.15, 0.2) is 0 Å². The number of aromatic nitrogens is 1. The van der Waals surface area contributed by atoms with Gasteiger partial charge in [-0.15, -0.1) is 0 Å². The molecule has 3 aromatic rings. The second kappa shape index (κ2) is 5.38. The molecule has 2 heterocycles. The van der Waals surface area contributed by atoms with E-state index in [1.54, 1.807) is 11.3 Å². The first-order valence-corrected chi connectivity index (χ1v) is 7.34. The Kier molecular flexibility index (Phi) is 3.43. The Labute approximate surface area is 120 Å². The van der Waals surface area contributed by atoms with Crippen molar-refractivity contribution in [1.29, 1.82) is 0 Å². The van der Waals surface area contributed by atoms with Gasteiger partial charge in [-0.3, -0.25) is 4.79 Å². The van der Waals surface area contributed by atoms with Crippen LogP contribution in [-0.4, -0.2) is 17.4 Å². The summed E-state index contributed by atoms with van der Waals surface area (Å²) in [5, 5.41) is 8.00. The summed E-state index contributed by atoms with van der Waals surface area (Å²) in [7, 11) is 0. The van der Waals surface area contributed by atoms with Crippen molar-refractivity contribution in [2.24, 2.45) is 0 Å². The molecule has 102 valence electrons. The molecule has 0 saturated carbocycles. The molecule has 0 unspecified atom stereocenters. The predicted octanol–water partition coefficient (Wildman–Crippen LogP) is 2.78. The summed E-state index contributed by atoms with van der Waals surface area (Å²) in [6.45, 7) is 0.632. The number of nitrogens with one attached hydrogen (secondary N) is 2. The summed E-state index contributed by atoms with van der Waals surface area (Å²) in [5.41, 5.74) is 9.16. The normalized spacial score (nSPS) is 10.8. The molecule has 0 fully saturated rings. The van der Waals surface area contributed by atoms with Crippen molar-refractivity contribution in [3.05, 3.63) is 52.3 Å². The molecule has 0 spiro atoms. The second-order valence-corrected chi connectivity index (χ2v) is 5.45.